The van der Waals surface area contributed by atoms with Crippen LogP contribution in [0.5, 0.6) is 0 Å². The Kier molecular flexibility index (Phi) is 9.69. The van der Waals surface area contributed by atoms with Crippen LogP contribution in [0.15, 0.2) is 23.5 Å². The van der Waals surface area contributed by atoms with Crippen molar-refractivity contribution in [2.45, 2.75) is 47.1 Å². The average Bonchev–Trinajstić information content (AvgIpc) is 3.14. The summed E-state index contributed by atoms with van der Waals surface area (Å²) in [6.45, 7) is 14.0. The number of nitrogens with one attached hydrogen (secondary N) is 1. The summed E-state index contributed by atoms with van der Waals surface area (Å²) in [6.07, 6.45) is 6.47. The lowest BCUT2D eigenvalue weighted by Crippen LogP contribution is -2.40. The van der Waals surface area contributed by atoms with E-state index in [4.69, 9.17) is 4.99 Å². The van der Waals surface area contributed by atoms with E-state index < -0.39 is 0 Å². The molecular formula is C18H34IN5. The summed E-state index contributed by atoms with van der Waals surface area (Å²) in [5.41, 5.74) is 0. The minimum Gasteiger partial charge on any atom is -0.357 e. The number of rotatable bonds is 7. The van der Waals surface area contributed by atoms with E-state index in [1.807, 2.05) is 23.1 Å². The van der Waals surface area contributed by atoms with Gasteiger partial charge >= 0.3 is 0 Å². The molecule has 0 amide bonds. The molecule has 5 nitrogen and oxygen atoms in total. The molecule has 2 rings (SSSR count). The summed E-state index contributed by atoms with van der Waals surface area (Å²) in [5, 5.41) is 7.74. The van der Waals surface area contributed by atoms with Crippen molar-refractivity contribution in [3.63, 3.8) is 0 Å². The highest BCUT2D eigenvalue weighted by molar-refractivity contribution is 14.0. The van der Waals surface area contributed by atoms with Crippen molar-refractivity contribution < 1.29 is 0 Å². The number of hydrogen-bond donors (Lipinski definition) is 1. The molecule has 0 saturated carbocycles. The van der Waals surface area contributed by atoms with Crippen LogP contribution < -0.4 is 5.32 Å². The maximum Gasteiger partial charge on any atom is 0.193 e. The number of guanidine groups is 1. The molecule has 0 bridgehead atoms. The van der Waals surface area contributed by atoms with E-state index in [2.05, 4.69) is 43.0 Å². The third-order valence-electron chi connectivity index (χ3n) is 4.34. The van der Waals surface area contributed by atoms with Gasteiger partial charge in [-0.3, -0.25) is 9.67 Å². The van der Waals surface area contributed by atoms with Gasteiger partial charge in [-0.05, 0) is 43.6 Å². The molecule has 138 valence electrons. The Balaban J connectivity index is 0.00000288. The average molecular weight is 447 g/mol. The summed E-state index contributed by atoms with van der Waals surface area (Å²) in [7, 11) is 0. The van der Waals surface area contributed by atoms with Crippen LogP contribution in [-0.2, 0) is 6.54 Å². The quantitative estimate of drug-likeness (QED) is 0.396. The lowest BCUT2D eigenvalue weighted by atomic mass is 9.97. The van der Waals surface area contributed by atoms with Gasteiger partial charge in [0.2, 0.25) is 0 Å². The second kappa shape index (κ2) is 10.9. The number of aromatic nitrogens is 2. The molecular weight excluding hydrogens is 413 g/mol. The summed E-state index contributed by atoms with van der Waals surface area (Å²) < 4.78 is 1.99. The van der Waals surface area contributed by atoms with E-state index in [0.29, 0.717) is 5.92 Å². The highest BCUT2D eigenvalue weighted by atomic mass is 127. The predicted octanol–water partition coefficient (Wildman–Crippen LogP) is 3.47. The van der Waals surface area contributed by atoms with Crippen LogP contribution in [-0.4, -0.2) is 46.8 Å². The molecule has 2 unspecified atom stereocenters. The fourth-order valence-corrected chi connectivity index (χ4v) is 3.34. The number of halogens is 1. The van der Waals surface area contributed by atoms with Gasteiger partial charge in [-0.25, -0.2) is 0 Å². The Morgan fingerprint density at radius 2 is 2.17 bits per heavy atom. The largest absolute Gasteiger partial charge is 0.357 e. The smallest absolute Gasteiger partial charge is 0.193 e. The van der Waals surface area contributed by atoms with E-state index in [1.165, 1.54) is 12.8 Å². The Bertz CT molecular complexity index is 472. The summed E-state index contributed by atoms with van der Waals surface area (Å²) in [6, 6.07) is 1.97. The molecule has 0 aliphatic carbocycles. The first-order valence-electron chi connectivity index (χ1n) is 9.09. The van der Waals surface area contributed by atoms with Crippen molar-refractivity contribution in [1.29, 1.82) is 0 Å². The van der Waals surface area contributed by atoms with E-state index in [0.717, 1.165) is 50.5 Å². The van der Waals surface area contributed by atoms with Crippen LogP contribution in [0, 0.1) is 17.8 Å². The lowest BCUT2D eigenvalue weighted by molar-refractivity contribution is 0.401. The molecule has 1 saturated heterocycles. The minimum atomic E-state index is 0. The van der Waals surface area contributed by atoms with Crippen molar-refractivity contribution in [2.75, 3.05) is 26.2 Å². The molecule has 1 aliphatic heterocycles. The normalized spacial score (nSPS) is 19.5. The Morgan fingerprint density at radius 3 is 2.79 bits per heavy atom. The third-order valence-corrected chi connectivity index (χ3v) is 4.34. The van der Waals surface area contributed by atoms with Crippen molar-refractivity contribution >= 4 is 29.9 Å². The van der Waals surface area contributed by atoms with Crippen LogP contribution in [0.25, 0.3) is 0 Å². The van der Waals surface area contributed by atoms with E-state index in [9.17, 15) is 0 Å². The van der Waals surface area contributed by atoms with Crippen LogP contribution >= 0.6 is 24.0 Å². The first-order chi connectivity index (χ1) is 11.1. The predicted molar refractivity (Wildman–Crippen MR) is 112 cm³/mol. The molecule has 2 atom stereocenters. The van der Waals surface area contributed by atoms with Crippen LogP contribution in [0.3, 0.4) is 0 Å². The fourth-order valence-electron chi connectivity index (χ4n) is 3.34. The van der Waals surface area contributed by atoms with E-state index >= 15 is 0 Å². The molecule has 24 heavy (non-hydrogen) atoms. The van der Waals surface area contributed by atoms with Gasteiger partial charge < -0.3 is 10.2 Å². The summed E-state index contributed by atoms with van der Waals surface area (Å²) >= 11 is 0. The van der Waals surface area contributed by atoms with Crippen molar-refractivity contribution in [3.05, 3.63) is 18.5 Å². The number of nitrogens with zero attached hydrogens (tertiary/aromatic N) is 4. The SMILES string of the molecule is CCNC(=NCC(C)Cn1cccn1)N1CCC(CC(C)C)C1.I. The van der Waals surface area contributed by atoms with Gasteiger partial charge in [-0.15, -0.1) is 24.0 Å². The standard InChI is InChI=1S/C18H33N5.HI/c1-5-19-18(22-10-7-17(14-22)11-15(2)3)20-12-16(4)13-23-9-6-8-21-23;/h6,8-9,15-17H,5,7,10-14H2,1-4H3,(H,19,20);1H. The second-order valence-corrected chi connectivity index (χ2v) is 7.26. The molecule has 1 aromatic rings. The summed E-state index contributed by atoms with van der Waals surface area (Å²) in [5.74, 6) is 3.18. The van der Waals surface area contributed by atoms with Crippen molar-refractivity contribution in [1.82, 2.24) is 20.0 Å². The van der Waals surface area contributed by atoms with Gasteiger partial charge in [0.05, 0.1) is 0 Å². The topological polar surface area (TPSA) is 45.5 Å². The van der Waals surface area contributed by atoms with Gasteiger partial charge in [-0.2, -0.15) is 5.10 Å². The summed E-state index contributed by atoms with van der Waals surface area (Å²) in [4.78, 5) is 7.32. The molecule has 1 aromatic heterocycles. The molecule has 1 N–H and O–H groups in total. The maximum atomic E-state index is 4.88. The Hall–Kier alpha value is -0.790. The van der Waals surface area contributed by atoms with Crippen molar-refractivity contribution in [3.8, 4) is 0 Å². The first kappa shape index (κ1) is 21.3. The highest BCUT2D eigenvalue weighted by Crippen LogP contribution is 2.23. The van der Waals surface area contributed by atoms with Crippen LogP contribution in [0.1, 0.15) is 40.5 Å². The third kappa shape index (κ3) is 6.99. The molecule has 2 heterocycles. The fraction of sp³-hybridized carbons (Fsp3) is 0.778. The van der Waals surface area contributed by atoms with Crippen LogP contribution in [0.2, 0.25) is 0 Å². The minimum absolute atomic E-state index is 0. The first-order valence-corrected chi connectivity index (χ1v) is 9.09. The van der Waals surface area contributed by atoms with E-state index in [1.54, 1.807) is 0 Å². The number of likely N-dealkylation sites (tertiary alicyclic amines) is 1. The highest BCUT2D eigenvalue weighted by Gasteiger charge is 2.25. The van der Waals surface area contributed by atoms with Gasteiger partial charge in [0, 0.05) is 45.1 Å². The molecule has 0 spiro atoms. The zero-order valence-corrected chi connectivity index (χ0v) is 17.9. The van der Waals surface area contributed by atoms with Gasteiger partial charge in [0.1, 0.15) is 0 Å². The monoisotopic (exact) mass is 447 g/mol. The van der Waals surface area contributed by atoms with Crippen molar-refractivity contribution in [2.24, 2.45) is 22.7 Å². The van der Waals surface area contributed by atoms with Gasteiger partial charge in [0.15, 0.2) is 5.96 Å². The van der Waals surface area contributed by atoms with Crippen LogP contribution in [0.4, 0.5) is 0 Å². The molecule has 0 radical (unpaired) electrons. The number of hydrogen-bond acceptors (Lipinski definition) is 2. The number of aliphatic imine (C=N–C) groups is 1. The van der Waals surface area contributed by atoms with Gasteiger partial charge in [0.25, 0.3) is 0 Å². The second-order valence-electron chi connectivity index (χ2n) is 7.26. The zero-order chi connectivity index (χ0) is 16.7. The molecule has 1 aliphatic rings. The Morgan fingerprint density at radius 1 is 1.38 bits per heavy atom. The van der Waals surface area contributed by atoms with E-state index in [-0.39, 0.29) is 24.0 Å². The maximum absolute atomic E-state index is 4.88. The lowest BCUT2D eigenvalue weighted by Gasteiger charge is -2.22. The molecule has 0 aromatic carbocycles. The zero-order valence-electron chi connectivity index (χ0n) is 15.6. The Labute approximate surface area is 164 Å². The van der Waals surface area contributed by atoms with Gasteiger partial charge in [-0.1, -0.05) is 20.8 Å². The molecule has 1 fully saturated rings. The molecule has 6 heteroatoms.